The first kappa shape index (κ1) is 31.1. The van der Waals surface area contributed by atoms with Gasteiger partial charge in [-0.15, -0.1) is 0 Å². The van der Waals surface area contributed by atoms with Crippen molar-refractivity contribution in [2.24, 2.45) is 11.7 Å². The summed E-state index contributed by atoms with van der Waals surface area (Å²) in [6, 6.07) is 6.89. The lowest BCUT2D eigenvalue weighted by atomic mass is 10.0. The minimum absolute atomic E-state index is 0.00457. The summed E-state index contributed by atoms with van der Waals surface area (Å²) in [5.74, 6) is -4.04. The summed E-state index contributed by atoms with van der Waals surface area (Å²) in [5, 5.41) is 46.0. The highest BCUT2D eigenvalue weighted by atomic mass is 16.4. The van der Waals surface area contributed by atoms with Crippen LogP contribution in [0.3, 0.4) is 0 Å². The fraction of sp³-hybridized carbons (Fsp3) is 0.407. The van der Waals surface area contributed by atoms with Gasteiger partial charge >= 0.3 is 5.97 Å². The molecular weight excluding hydrogens is 508 g/mol. The van der Waals surface area contributed by atoms with Crippen LogP contribution in [-0.2, 0) is 32.0 Å². The second kappa shape index (κ2) is 14.1. The number of nitrogens with one attached hydrogen (secondary N) is 3. The number of carboxylic acids is 1. The van der Waals surface area contributed by atoms with Crippen LogP contribution < -0.4 is 21.7 Å². The maximum Gasteiger partial charge on any atom is 0.326 e. The first-order valence-corrected chi connectivity index (χ1v) is 12.4. The van der Waals surface area contributed by atoms with Crippen molar-refractivity contribution >= 4 is 23.7 Å². The Morgan fingerprint density at radius 1 is 0.718 bits per heavy atom. The van der Waals surface area contributed by atoms with Crippen LogP contribution >= 0.6 is 0 Å². The number of nitrogens with two attached hydrogens (primary N) is 1. The summed E-state index contributed by atoms with van der Waals surface area (Å²) < 4.78 is 0. The van der Waals surface area contributed by atoms with Gasteiger partial charge in [0, 0.05) is 6.42 Å². The van der Waals surface area contributed by atoms with Gasteiger partial charge in [0.15, 0.2) is 0 Å². The van der Waals surface area contributed by atoms with Crippen LogP contribution in [0.25, 0.3) is 0 Å². The molecule has 12 nitrogen and oxygen atoms in total. The third-order valence-corrected chi connectivity index (χ3v) is 6.03. The molecule has 5 atom stereocenters. The number of hydrogen-bond donors (Lipinski definition) is 8. The SMILES string of the molecule is CC(C)C(NC(=O)C(Cc1ccc(O)cc1)NC(=O)C(NC(=O)C(N)Cc1ccc(O)cc1)C(C)O)C(=O)O. The number of aromatic hydroxyl groups is 2. The lowest BCUT2D eigenvalue weighted by molar-refractivity contribution is -0.143. The average molecular weight is 545 g/mol. The molecule has 5 unspecified atom stereocenters. The number of amides is 3. The molecule has 9 N–H and O–H groups in total. The molecule has 0 aliphatic heterocycles. The van der Waals surface area contributed by atoms with Gasteiger partial charge in [0.2, 0.25) is 17.7 Å². The summed E-state index contributed by atoms with van der Waals surface area (Å²) in [4.78, 5) is 50.6. The van der Waals surface area contributed by atoms with Gasteiger partial charge < -0.3 is 42.1 Å². The third-order valence-electron chi connectivity index (χ3n) is 6.03. The Labute approximate surface area is 226 Å². The van der Waals surface area contributed by atoms with E-state index in [0.29, 0.717) is 11.1 Å². The van der Waals surface area contributed by atoms with E-state index < -0.39 is 59.9 Å². The molecule has 0 radical (unpaired) electrons. The topological polar surface area (TPSA) is 211 Å². The predicted molar refractivity (Wildman–Crippen MR) is 142 cm³/mol. The molecule has 0 bridgehead atoms. The fourth-order valence-electron chi connectivity index (χ4n) is 3.75. The molecule has 39 heavy (non-hydrogen) atoms. The molecule has 0 aliphatic rings. The van der Waals surface area contributed by atoms with Crippen LogP contribution in [0.2, 0.25) is 0 Å². The first-order valence-electron chi connectivity index (χ1n) is 12.4. The molecule has 2 aromatic carbocycles. The number of aliphatic hydroxyl groups excluding tert-OH is 1. The number of rotatable bonds is 13. The van der Waals surface area contributed by atoms with Crippen molar-refractivity contribution < 1.29 is 39.6 Å². The fourth-order valence-corrected chi connectivity index (χ4v) is 3.75. The van der Waals surface area contributed by atoms with Gasteiger partial charge in [-0.1, -0.05) is 38.1 Å². The van der Waals surface area contributed by atoms with Gasteiger partial charge in [0.1, 0.15) is 29.6 Å². The molecule has 0 saturated carbocycles. The second-order valence-electron chi connectivity index (χ2n) is 9.70. The number of phenols is 2. The molecule has 0 fully saturated rings. The zero-order chi connectivity index (χ0) is 29.3. The molecule has 0 heterocycles. The molecule has 2 rings (SSSR count). The molecule has 0 aliphatic carbocycles. The Balaban J connectivity index is 2.19. The Hall–Kier alpha value is -4.16. The highest BCUT2D eigenvalue weighted by Crippen LogP contribution is 2.13. The highest BCUT2D eigenvalue weighted by molar-refractivity contribution is 5.94. The van der Waals surface area contributed by atoms with Crippen LogP contribution in [0, 0.1) is 5.92 Å². The standard InChI is InChI=1S/C27H36N4O8/c1-14(2)22(27(38)39)30-25(36)21(13-17-6-10-19(34)11-7-17)29-26(37)23(15(3)32)31-24(35)20(28)12-16-4-8-18(33)9-5-16/h4-11,14-15,20-23,32-34H,12-13,28H2,1-3H3,(H,29,37)(H,30,36)(H,31,35)(H,38,39). The van der Waals surface area contributed by atoms with Crippen LogP contribution in [0.5, 0.6) is 11.5 Å². The van der Waals surface area contributed by atoms with E-state index in [-0.39, 0.29) is 24.3 Å². The number of aliphatic hydroxyl groups is 1. The zero-order valence-electron chi connectivity index (χ0n) is 22.0. The summed E-state index contributed by atoms with van der Waals surface area (Å²) in [6.07, 6.45) is -1.34. The van der Waals surface area contributed by atoms with Gasteiger partial charge in [-0.2, -0.15) is 0 Å². The van der Waals surface area contributed by atoms with Crippen molar-refractivity contribution in [1.82, 2.24) is 16.0 Å². The Kier molecular flexibility index (Phi) is 11.2. The van der Waals surface area contributed by atoms with Crippen molar-refractivity contribution in [3.63, 3.8) is 0 Å². The van der Waals surface area contributed by atoms with Gasteiger partial charge in [0.05, 0.1) is 12.1 Å². The normalized spacial score (nSPS) is 14.9. The lowest BCUT2D eigenvalue weighted by Gasteiger charge is -2.27. The van der Waals surface area contributed by atoms with Crippen molar-refractivity contribution in [3.05, 3.63) is 59.7 Å². The van der Waals surface area contributed by atoms with Crippen molar-refractivity contribution in [3.8, 4) is 11.5 Å². The van der Waals surface area contributed by atoms with E-state index >= 15 is 0 Å². The number of carbonyl (C=O) groups excluding carboxylic acids is 3. The second-order valence-corrected chi connectivity index (χ2v) is 9.70. The number of benzene rings is 2. The van der Waals surface area contributed by atoms with Crippen molar-refractivity contribution in [2.75, 3.05) is 0 Å². The Morgan fingerprint density at radius 2 is 1.18 bits per heavy atom. The maximum absolute atomic E-state index is 13.2. The average Bonchev–Trinajstić information content (AvgIpc) is 2.86. The Bertz CT molecular complexity index is 1140. The van der Waals surface area contributed by atoms with E-state index in [1.54, 1.807) is 26.0 Å². The number of carboxylic acid groups (broad SMARTS) is 1. The van der Waals surface area contributed by atoms with E-state index in [2.05, 4.69) is 16.0 Å². The van der Waals surface area contributed by atoms with E-state index in [4.69, 9.17) is 5.73 Å². The molecule has 2 aromatic rings. The number of hydrogen-bond acceptors (Lipinski definition) is 8. The van der Waals surface area contributed by atoms with Crippen molar-refractivity contribution in [1.29, 1.82) is 0 Å². The zero-order valence-corrected chi connectivity index (χ0v) is 22.0. The third kappa shape index (κ3) is 9.58. The lowest BCUT2D eigenvalue weighted by Crippen LogP contribution is -2.60. The molecular formula is C27H36N4O8. The molecule has 3 amide bonds. The molecule has 0 saturated heterocycles. The highest BCUT2D eigenvalue weighted by Gasteiger charge is 2.33. The van der Waals surface area contributed by atoms with Gasteiger partial charge in [-0.25, -0.2) is 4.79 Å². The molecule has 0 spiro atoms. The summed E-state index contributed by atoms with van der Waals surface area (Å²) in [5.41, 5.74) is 7.20. The van der Waals surface area contributed by atoms with E-state index in [1.165, 1.54) is 43.3 Å². The monoisotopic (exact) mass is 544 g/mol. The number of phenolic OH excluding ortho intramolecular Hbond substituents is 2. The summed E-state index contributed by atoms with van der Waals surface area (Å²) in [6.45, 7) is 4.52. The van der Waals surface area contributed by atoms with Crippen LogP contribution in [0.4, 0.5) is 0 Å². The summed E-state index contributed by atoms with van der Waals surface area (Å²) >= 11 is 0. The summed E-state index contributed by atoms with van der Waals surface area (Å²) in [7, 11) is 0. The molecule has 0 aromatic heterocycles. The van der Waals surface area contributed by atoms with Crippen LogP contribution in [-0.4, -0.2) is 74.4 Å². The quantitative estimate of drug-likeness (QED) is 0.167. The van der Waals surface area contributed by atoms with Crippen molar-refractivity contribution in [2.45, 2.75) is 63.9 Å². The van der Waals surface area contributed by atoms with E-state index in [1.807, 2.05) is 0 Å². The van der Waals surface area contributed by atoms with E-state index in [9.17, 15) is 39.6 Å². The molecule has 12 heteroatoms. The van der Waals surface area contributed by atoms with Gasteiger partial charge in [-0.05, 0) is 54.7 Å². The van der Waals surface area contributed by atoms with E-state index in [0.717, 1.165) is 0 Å². The van der Waals surface area contributed by atoms with Gasteiger partial charge in [0.25, 0.3) is 0 Å². The van der Waals surface area contributed by atoms with Gasteiger partial charge in [-0.3, -0.25) is 14.4 Å². The molecule has 212 valence electrons. The largest absolute Gasteiger partial charge is 0.508 e. The smallest absolute Gasteiger partial charge is 0.326 e. The predicted octanol–water partition coefficient (Wildman–Crippen LogP) is -0.214. The minimum Gasteiger partial charge on any atom is -0.508 e. The first-order chi connectivity index (χ1) is 18.3. The van der Waals surface area contributed by atoms with Crippen LogP contribution in [0.1, 0.15) is 31.9 Å². The minimum atomic E-state index is -1.47. The van der Waals surface area contributed by atoms with Crippen LogP contribution in [0.15, 0.2) is 48.5 Å². The Morgan fingerprint density at radius 3 is 1.62 bits per heavy atom. The maximum atomic E-state index is 13.2. The number of carbonyl (C=O) groups is 4. The number of aliphatic carboxylic acids is 1.